The molecular weight excluding hydrogens is 558 g/mol. The first-order valence-electron chi connectivity index (χ1n) is 13.6. The summed E-state index contributed by atoms with van der Waals surface area (Å²) in [5.41, 5.74) is 1.81. The maximum atomic E-state index is 14.1. The fraction of sp³-hybridized carbons (Fsp3) is 0.355. The smallest absolute Gasteiger partial charge is 0.264 e. The molecule has 10 nitrogen and oxygen atoms in total. The summed E-state index contributed by atoms with van der Waals surface area (Å²) in [7, 11) is 0.241. The van der Waals surface area contributed by atoms with Crippen molar-refractivity contribution in [2.24, 2.45) is 0 Å². The van der Waals surface area contributed by atoms with Crippen LogP contribution < -0.4 is 23.8 Å². The molecule has 0 radical (unpaired) electrons. The van der Waals surface area contributed by atoms with Gasteiger partial charge in [-0.1, -0.05) is 36.8 Å². The number of anilines is 1. The monoisotopic (exact) mass is 597 g/mol. The first kappa shape index (κ1) is 32.3. The Morgan fingerprint density at radius 2 is 1.60 bits per heavy atom. The van der Waals surface area contributed by atoms with E-state index < -0.39 is 28.5 Å². The topological polar surface area (TPSA) is 114 Å². The Morgan fingerprint density at radius 3 is 2.21 bits per heavy atom. The Labute approximate surface area is 248 Å². The molecular formula is C31H39N3O7S. The maximum absolute atomic E-state index is 14.1. The third-order valence-corrected chi connectivity index (χ3v) is 8.53. The first-order chi connectivity index (χ1) is 20.0. The molecule has 0 unspecified atom stereocenters. The predicted octanol–water partition coefficient (Wildman–Crippen LogP) is 4.16. The first-order valence-corrected chi connectivity index (χ1v) is 15.0. The van der Waals surface area contributed by atoms with E-state index in [1.54, 1.807) is 56.5 Å². The molecule has 3 rings (SSSR count). The van der Waals surface area contributed by atoms with Crippen LogP contribution in [0.5, 0.6) is 17.2 Å². The molecule has 0 aliphatic carbocycles. The van der Waals surface area contributed by atoms with Crippen molar-refractivity contribution in [3.63, 3.8) is 0 Å². The van der Waals surface area contributed by atoms with Gasteiger partial charge in [0.15, 0.2) is 11.5 Å². The zero-order chi connectivity index (χ0) is 30.9. The molecule has 3 aromatic carbocycles. The summed E-state index contributed by atoms with van der Waals surface area (Å²) in [4.78, 5) is 28.5. The molecule has 42 heavy (non-hydrogen) atoms. The van der Waals surface area contributed by atoms with Gasteiger partial charge in [-0.2, -0.15) is 0 Å². The van der Waals surface area contributed by atoms with Crippen molar-refractivity contribution in [1.82, 2.24) is 10.2 Å². The number of carbonyl (C=O) groups excluding carboxylic acids is 2. The number of nitrogens with one attached hydrogen (secondary N) is 1. The third-order valence-electron chi connectivity index (χ3n) is 6.75. The van der Waals surface area contributed by atoms with Gasteiger partial charge in [0, 0.05) is 19.2 Å². The van der Waals surface area contributed by atoms with Crippen LogP contribution in [0.2, 0.25) is 0 Å². The normalized spacial score (nSPS) is 11.8. The standard InChI is InChI=1S/C31H39N3O7S/c1-7-17-32-31(36)23(3)33(20-24-9-8-10-26(18-24)39-4)30(35)21-34(25-13-16-28(40-5)29(19-25)41-6)42(37,38)27-14-11-22(2)12-15-27/h8-16,18-19,23H,7,17,20-21H2,1-6H3,(H,32,36)/t23-/m1/s1. The van der Waals surface area contributed by atoms with Gasteiger partial charge in [-0.05, 0) is 62.2 Å². The highest BCUT2D eigenvalue weighted by Crippen LogP contribution is 2.34. The second-order valence-corrected chi connectivity index (χ2v) is 11.6. The highest BCUT2D eigenvalue weighted by atomic mass is 32.2. The number of hydrogen-bond acceptors (Lipinski definition) is 7. The van der Waals surface area contributed by atoms with Gasteiger partial charge in [0.25, 0.3) is 10.0 Å². The summed E-state index contributed by atoms with van der Waals surface area (Å²) in [6.45, 7) is 5.35. The van der Waals surface area contributed by atoms with Gasteiger partial charge in [-0.3, -0.25) is 13.9 Å². The van der Waals surface area contributed by atoms with E-state index in [9.17, 15) is 18.0 Å². The van der Waals surface area contributed by atoms with Crippen LogP contribution in [0.4, 0.5) is 5.69 Å². The number of amides is 2. The number of hydrogen-bond donors (Lipinski definition) is 1. The van der Waals surface area contributed by atoms with Crippen molar-refractivity contribution >= 4 is 27.5 Å². The largest absolute Gasteiger partial charge is 0.497 e. The molecule has 1 N–H and O–H groups in total. The highest BCUT2D eigenvalue weighted by Gasteiger charge is 2.33. The molecule has 0 heterocycles. The minimum Gasteiger partial charge on any atom is -0.497 e. The molecule has 0 fully saturated rings. The van der Waals surface area contributed by atoms with Crippen LogP contribution in [0.1, 0.15) is 31.4 Å². The van der Waals surface area contributed by atoms with Crippen LogP contribution in [0.25, 0.3) is 0 Å². The van der Waals surface area contributed by atoms with Gasteiger partial charge >= 0.3 is 0 Å². The molecule has 3 aromatic rings. The molecule has 0 aliphatic rings. The number of carbonyl (C=O) groups is 2. The van der Waals surface area contributed by atoms with E-state index in [-0.39, 0.29) is 23.0 Å². The average molecular weight is 598 g/mol. The van der Waals surface area contributed by atoms with Crippen molar-refractivity contribution in [2.75, 3.05) is 38.7 Å². The Morgan fingerprint density at radius 1 is 0.905 bits per heavy atom. The molecule has 0 spiro atoms. The van der Waals surface area contributed by atoms with Crippen molar-refractivity contribution in [3.8, 4) is 17.2 Å². The van der Waals surface area contributed by atoms with E-state index >= 15 is 0 Å². The van der Waals surface area contributed by atoms with Gasteiger partial charge in [0.2, 0.25) is 11.8 Å². The molecule has 0 bridgehead atoms. The summed E-state index contributed by atoms with van der Waals surface area (Å²) in [5.74, 6) is 0.389. The van der Waals surface area contributed by atoms with Gasteiger partial charge in [0.05, 0.1) is 31.9 Å². The number of rotatable bonds is 14. The van der Waals surface area contributed by atoms with Gasteiger partial charge < -0.3 is 24.4 Å². The Kier molecular flexibility index (Phi) is 11.2. The summed E-state index contributed by atoms with van der Waals surface area (Å²) >= 11 is 0. The summed E-state index contributed by atoms with van der Waals surface area (Å²) in [5, 5.41) is 2.83. The van der Waals surface area contributed by atoms with E-state index in [0.717, 1.165) is 21.9 Å². The number of benzene rings is 3. The molecule has 0 saturated heterocycles. The SMILES string of the molecule is CCCNC(=O)[C@@H](C)N(Cc1cccc(OC)c1)C(=O)CN(c1ccc(OC)c(OC)c1)S(=O)(=O)c1ccc(C)cc1. The number of aryl methyl sites for hydroxylation is 1. The number of nitrogens with zero attached hydrogens (tertiary/aromatic N) is 2. The zero-order valence-electron chi connectivity index (χ0n) is 24.9. The van der Waals surface area contributed by atoms with Gasteiger partial charge in [-0.15, -0.1) is 0 Å². The fourth-order valence-corrected chi connectivity index (χ4v) is 5.70. The Hall–Kier alpha value is -4.25. The quantitative estimate of drug-likeness (QED) is 0.297. The predicted molar refractivity (Wildman–Crippen MR) is 162 cm³/mol. The van der Waals surface area contributed by atoms with E-state index in [1.165, 1.54) is 37.3 Å². The molecule has 0 saturated carbocycles. The second kappa shape index (κ2) is 14.6. The van der Waals surface area contributed by atoms with E-state index in [1.807, 2.05) is 19.9 Å². The average Bonchev–Trinajstić information content (AvgIpc) is 3.00. The lowest BCUT2D eigenvalue weighted by Gasteiger charge is -2.32. The molecule has 11 heteroatoms. The van der Waals surface area contributed by atoms with Crippen molar-refractivity contribution in [2.45, 2.75) is 44.7 Å². The summed E-state index contributed by atoms with van der Waals surface area (Å²) in [6, 6.07) is 17.3. The summed E-state index contributed by atoms with van der Waals surface area (Å²) < 4.78 is 45.2. The van der Waals surface area contributed by atoms with Crippen LogP contribution >= 0.6 is 0 Å². The minimum absolute atomic E-state index is 0.0174. The maximum Gasteiger partial charge on any atom is 0.264 e. The van der Waals surface area contributed by atoms with E-state index in [4.69, 9.17) is 14.2 Å². The van der Waals surface area contributed by atoms with Gasteiger partial charge in [-0.25, -0.2) is 8.42 Å². The van der Waals surface area contributed by atoms with Crippen LogP contribution in [0, 0.1) is 6.92 Å². The van der Waals surface area contributed by atoms with Crippen molar-refractivity contribution in [1.29, 1.82) is 0 Å². The molecule has 0 aromatic heterocycles. The van der Waals surface area contributed by atoms with Gasteiger partial charge in [0.1, 0.15) is 18.3 Å². The molecule has 1 atom stereocenters. The molecule has 226 valence electrons. The number of methoxy groups -OCH3 is 3. The van der Waals surface area contributed by atoms with Crippen LogP contribution in [0.15, 0.2) is 71.6 Å². The van der Waals surface area contributed by atoms with E-state index in [0.29, 0.717) is 23.8 Å². The van der Waals surface area contributed by atoms with E-state index in [2.05, 4.69) is 5.32 Å². The molecule has 2 amide bonds. The lowest BCUT2D eigenvalue weighted by atomic mass is 10.1. The fourth-order valence-electron chi connectivity index (χ4n) is 4.29. The number of ether oxygens (including phenoxy) is 3. The second-order valence-electron chi connectivity index (χ2n) is 9.70. The highest BCUT2D eigenvalue weighted by molar-refractivity contribution is 7.92. The minimum atomic E-state index is -4.22. The number of sulfonamides is 1. The Balaban J connectivity index is 2.08. The van der Waals surface area contributed by atoms with Crippen LogP contribution in [0.3, 0.4) is 0 Å². The summed E-state index contributed by atoms with van der Waals surface area (Å²) in [6.07, 6.45) is 0.726. The Bertz CT molecular complexity index is 1480. The van der Waals surface area contributed by atoms with Crippen molar-refractivity contribution in [3.05, 3.63) is 77.9 Å². The lowest BCUT2D eigenvalue weighted by molar-refractivity contribution is -0.139. The van der Waals surface area contributed by atoms with Crippen molar-refractivity contribution < 1.29 is 32.2 Å². The van der Waals surface area contributed by atoms with Crippen LogP contribution in [-0.4, -0.2) is 65.6 Å². The third kappa shape index (κ3) is 7.73. The zero-order valence-corrected chi connectivity index (χ0v) is 25.7. The molecule has 0 aliphatic heterocycles. The van der Waals surface area contributed by atoms with Crippen LogP contribution in [-0.2, 0) is 26.2 Å². The lowest BCUT2D eigenvalue weighted by Crippen LogP contribution is -2.51.